The Labute approximate surface area is 207 Å². The third-order valence-corrected chi connectivity index (χ3v) is 4.87. The van der Waals surface area contributed by atoms with E-state index < -0.39 is 17.9 Å². The van der Waals surface area contributed by atoms with Crippen molar-refractivity contribution in [2.75, 3.05) is 14.2 Å². The highest BCUT2D eigenvalue weighted by atomic mass is 16.5. The standard InChI is InChI=1S/C27H24N2O7/c1-34-22-13-18(14-23(16-22)35-2)15-24(26(31)32)19-6-10-21(11-7-19)36-20-8-3-17(4-9-20)5-12-25(30)29-27(28)33/h3-16H,1-2H3,(H,31,32)(H3,28,29,30,33)/b12-5+,24-15+. The maximum atomic E-state index is 12.0. The lowest BCUT2D eigenvalue weighted by atomic mass is 10.0. The number of hydrogen-bond acceptors (Lipinski definition) is 6. The van der Waals surface area contributed by atoms with Gasteiger partial charge in [0.25, 0.3) is 5.91 Å². The van der Waals surface area contributed by atoms with Crippen molar-refractivity contribution in [1.82, 2.24) is 5.32 Å². The fourth-order valence-electron chi connectivity index (χ4n) is 3.17. The van der Waals surface area contributed by atoms with Crippen molar-refractivity contribution in [3.05, 3.63) is 89.5 Å². The molecule has 0 aliphatic heterocycles. The number of carbonyl (C=O) groups excluding carboxylic acids is 2. The van der Waals surface area contributed by atoms with Crippen molar-refractivity contribution in [3.63, 3.8) is 0 Å². The van der Waals surface area contributed by atoms with Crippen LogP contribution in [0.15, 0.2) is 72.8 Å². The molecule has 0 heterocycles. The zero-order valence-corrected chi connectivity index (χ0v) is 19.6. The number of benzene rings is 3. The minimum absolute atomic E-state index is 0.0911. The van der Waals surface area contributed by atoms with Crippen LogP contribution in [0.25, 0.3) is 17.7 Å². The number of aliphatic carboxylic acids is 1. The number of nitrogens with one attached hydrogen (secondary N) is 1. The van der Waals surface area contributed by atoms with Gasteiger partial charge in [-0.15, -0.1) is 0 Å². The quantitative estimate of drug-likeness (QED) is 0.301. The molecule has 0 radical (unpaired) electrons. The molecule has 36 heavy (non-hydrogen) atoms. The zero-order chi connectivity index (χ0) is 26.1. The van der Waals surface area contributed by atoms with Gasteiger partial charge in [0.15, 0.2) is 0 Å². The molecule has 0 atom stereocenters. The number of carboxylic acid groups (broad SMARTS) is 1. The van der Waals surface area contributed by atoms with Gasteiger partial charge in [-0.3, -0.25) is 10.1 Å². The molecule has 3 aromatic carbocycles. The van der Waals surface area contributed by atoms with Gasteiger partial charge in [-0.25, -0.2) is 9.59 Å². The van der Waals surface area contributed by atoms with E-state index in [1.165, 1.54) is 26.4 Å². The SMILES string of the molecule is COc1cc(/C=C(/C(=O)O)c2ccc(Oc3ccc(/C=C/C(=O)NC(N)=O)cc3)cc2)cc(OC)c1. The first-order chi connectivity index (χ1) is 17.3. The molecule has 0 fully saturated rings. The molecule has 3 aromatic rings. The summed E-state index contributed by atoms with van der Waals surface area (Å²) < 4.78 is 16.3. The van der Waals surface area contributed by atoms with Crippen LogP contribution in [-0.2, 0) is 9.59 Å². The second-order valence-electron chi connectivity index (χ2n) is 7.39. The summed E-state index contributed by atoms with van der Waals surface area (Å²) in [5.41, 5.74) is 6.80. The average Bonchev–Trinajstić information content (AvgIpc) is 2.86. The predicted molar refractivity (Wildman–Crippen MR) is 135 cm³/mol. The van der Waals surface area contributed by atoms with Gasteiger partial charge in [-0.2, -0.15) is 0 Å². The molecule has 0 spiro atoms. The molecule has 0 saturated heterocycles. The molecular weight excluding hydrogens is 464 g/mol. The number of ether oxygens (including phenoxy) is 3. The lowest BCUT2D eigenvalue weighted by Gasteiger charge is -2.09. The smallest absolute Gasteiger partial charge is 0.336 e. The third-order valence-electron chi connectivity index (χ3n) is 4.87. The fourth-order valence-corrected chi connectivity index (χ4v) is 3.17. The molecule has 3 amide bonds. The Morgan fingerprint density at radius 3 is 1.86 bits per heavy atom. The number of primary amides is 1. The highest BCUT2D eigenvalue weighted by Gasteiger charge is 2.12. The van der Waals surface area contributed by atoms with Crippen molar-refractivity contribution in [1.29, 1.82) is 0 Å². The topological polar surface area (TPSA) is 137 Å². The molecule has 0 unspecified atom stereocenters. The van der Waals surface area contributed by atoms with E-state index in [-0.39, 0.29) is 5.57 Å². The highest BCUT2D eigenvalue weighted by Crippen LogP contribution is 2.28. The summed E-state index contributed by atoms with van der Waals surface area (Å²) in [7, 11) is 3.04. The number of hydrogen-bond donors (Lipinski definition) is 3. The van der Waals surface area contributed by atoms with Gasteiger partial charge in [0.1, 0.15) is 23.0 Å². The van der Waals surface area contributed by atoms with Gasteiger partial charge in [-0.1, -0.05) is 24.3 Å². The lowest BCUT2D eigenvalue weighted by Crippen LogP contribution is -2.33. The summed E-state index contributed by atoms with van der Waals surface area (Å²) >= 11 is 0. The number of carboxylic acids is 1. The summed E-state index contributed by atoms with van der Waals surface area (Å²) in [5.74, 6) is 0.436. The number of nitrogens with two attached hydrogens (primary N) is 1. The summed E-state index contributed by atoms with van der Waals surface area (Å²) in [6, 6.07) is 17.7. The van der Waals surface area contributed by atoms with Gasteiger partial charge in [0.05, 0.1) is 19.8 Å². The van der Waals surface area contributed by atoms with Gasteiger partial charge in [0.2, 0.25) is 0 Å². The highest BCUT2D eigenvalue weighted by molar-refractivity contribution is 6.20. The number of imide groups is 1. The van der Waals surface area contributed by atoms with Crippen LogP contribution in [0.2, 0.25) is 0 Å². The van der Waals surface area contributed by atoms with E-state index >= 15 is 0 Å². The Morgan fingerprint density at radius 2 is 1.36 bits per heavy atom. The Bertz CT molecular complexity index is 1290. The Morgan fingerprint density at radius 1 is 0.806 bits per heavy atom. The maximum absolute atomic E-state index is 12.0. The summed E-state index contributed by atoms with van der Waals surface area (Å²) in [6.45, 7) is 0. The normalized spacial score (nSPS) is 11.1. The molecule has 9 heteroatoms. The first kappa shape index (κ1) is 25.6. The van der Waals surface area contributed by atoms with E-state index in [0.29, 0.717) is 39.7 Å². The molecule has 0 bridgehead atoms. The minimum Gasteiger partial charge on any atom is -0.497 e. The number of rotatable bonds is 9. The van der Waals surface area contributed by atoms with E-state index in [2.05, 4.69) is 0 Å². The van der Waals surface area contributed by atoms with Crippen molar-refractivity contribution < 1.29 is 33.7 Å². The molecular formula is C27H24N2O7. The molecule has 9 nitrogen and oxygen atoms in total. The first-order valence-electron chi connectivity index (χ1n) is 10.6. The average molecular weight is 488 g/mol. The van der Waals surface area contributed by atoms with Crippen LogP contribution < -0.4 is 25.3 Å². The van der Waals surface area contributed by atoms with Crippen molar-refractivity contribution in [2.45, 2.75) is 0 Å². The molecule has 0 aliphatic rings. The van der Waals surface area contributed by atoms with Crippen LogP contribution in [0.1, 0.15) is 16.7 Å². The number of amides is 3. The zero-order valence-electron chi connectivity index (χ0n) is 19.6. The monoisotopic (exact) mass is 488 g/mol. The molecule has 0 aromatic heterocycles. The molecule has 4 N–H and O–H groups in total. The number of urea groups is 1. The van der Waals surface area contributed by atoms with Crippen LogP contribution in [-0.4, -0.2) is 37.2 Å². The maximum Gasteiger partial charge on any atom is 0.336 e. The summed E-state index contributed by atoms with van der Waals surface area (Å²) in [4.78, 5) is 34.0. The van der Waals surface area contributed by atoms with E-state index in [9.17, 15) is 19.5 Å². The third kappa shape index (κ3) is 7.22. The van der Waals surface area contributed by atoms with Crippen LogP contribution >= 0.6 is 0 Å². The van der Waals surface area contributed by atoms with Gasteiger partial charge >= 0.3 is 12.0 Å². The summed E-state index contributed by atoms with van der Waals surface area (Å²) in [5, 5.41) is 11.7. The van der Waals surface area contributed by atoms with Crippen LogP contribution in [0.5, 0.6) is 23.0 Å². The lowest BCUT2D eigenvalue weighted by molar-refractivity contribution is -0.130. The summed E-state index contributed by atoms with van der Waals surface area (Å²) in [6.07, 6.45) is 4.25. The fraction of sp³-hybridized carbons (Fsp3) is 0.0741. The predicted octanol–water partition coefficient (Wildman–Crippen LogP) is 4.33. The Hall–Kier alpha value is -5.05. The van der Waals surface area contributed by atoms with E-state index in [0.717, 1.165) is 0 Å². The van der Waals surface area contributed by atoms with Crippen LogP contribution in [0.3, 0.4) is 0 Å². The number of methoxy groups -OCH3 is 2. The first-order valence-corrected chi connectivity index (χ1v) is 10.6. The molecule has 3 rings (SSSR count). The van der Waals surface area contributed by atoms with E-state index in [1.807, 2.05) is 5.32 Å². The second kappa shape index (κ2) is 11.9. The molecule has 184 valence electrons. The van der Waals surface area contributed by atoms with Crippen LogP contribution in [0.4, 0.5) is 4.79 Å². The molecule has 0 aliphatic carbocycles. The van der Waals surface area contributed by atoms with Crippen LogP contribution in [0, 0.1) is 0 Å². The Kier molecular flexibility index (Phi) is 8.44. The van der Waals surface area contributed by atoms with Crippen molar-refractivity contribution >= 4 is 35.6 Å². The minimum atomic E-state index is -1.08. The largest absolute Gasteiger partial charge is 0.497 e. The van der Waals surface area contributed by atoms with Crippen molar-refractivity contribution in [2.24, 2.45) is 5.73 Å². The molecule has 0 saturated carbocycles. The van der Waals surface area contributed by atoms with E-state index in [4.69, 9.17) is 19.9 Å². The van der Waals surface area contributed by atoms with Gasteiger partial charge < -0.3 is 25.1 Å². The van der Waals surface area contributed by atoms with Gasteiger partial charge in [-0.05, 0) is 65.2 Å². The Balaban J connectivity index is 1.74. The second-order valence-corrected chi connectivity index (χ2v) is 7.39. The van der Waals surface area contributed by atoms with Gasteiger partial charge in [0, 0.05) is 12.1 Å². The van der Waals surface area contributed by atoms with E-state index in [1.54, 1.807) is 72.8 Å². The number of carbonyl (C=O) groups is 3. The van der Waals surface area contributed by atoms with Crippen molar-refractivity contribution in [3.8, 4) is 23.0 Å².